The zero-order valence-electron chi connectivity index (χ0n) is 10.9. The van der Waals surface area contributed by atoms with E-state index in [1.54, 1.807) is 10.8 Å². The highest BCUT2D eigenvalue weighted by atomic mass is 79.9. The summed E-state index contributed by atoms with van der Waals surface area (Å²) in [6.07, 6.45) is 3.84. The largest absolute Gasteiger partial charge is 0.336 e. The fraction of sp³-hybridized carbons (Fsp3) is 0.727. The number of hydrogen-bond acceptors (Lipinski definition) is 3. The molecule has 0 aliphatic heterocycles. The molecule has 1 unspecified atom stereocenters. The molecule has 0 saturated carbocycles. The van der Waals surface area contributed by atoms with Gasteiger partial charge in [-0.3, -0.25) is 0 Å². The van der Waals surface area contributed by atoms with Crippen LogP contribution in [0.3, 0.4) is 0 Å². The number of halogens is 1. The van der Waals surface area contributed by atoms with Gasteiger partial charge in [-0.15, -0.1) is 0 Å². The van der Waals surface area contributed by atoms with E-state index < -0.39 is 10.0 Å². The van der Waals surface area contributed by atoms with Crippen LogP contribution >= 0.6 is 15.9 Å². The first-order valence-corrected chi connectivity index (χ1v) is 8.61. The summed E-state index contributed by atoms with van der Waals surface area (Å²) >= 11 is 3.34. The lowest BCUT2D eigenvalue weighted by Gasteiger charge is -2.20. The number of nitrogens with one attached hydrogen (secondary N) is 1. The predicted octanol–water partition coefficient (Wildman–Crippen LogP) is 1.99. The monoisotopic (exact) mass is 337 g/mol. The van der Waals surface area contributed by atoms with E-state index in [4.69, 9.17) is 0 Å². The van der Waals surface area contributed by atoms with Gasteiger partial charge in [0.15, 0.2) is 5.03 Å². The van der Waals surface area contributed by atoms with Gasteiger partial charge < -0.3 is 4.57 Å². The number of sulfonamides is 1. The quantitative estimate of drug-likeness (QED) is 0.774. The van der Waals surface area contributed by atoms with Crippen LogP contribution in [0.25, 0.3) is 0 Å². The molecule has 1 aromatic heterocycles. The van der Waals surface area contributed by atoms with Crippen molar-refractivity contribution in [3.63, 3.8) is 0 Å². The Kier molecular flexibility index (Phi) is 5.81. The predicted molar refractivity (Wildman–Crippen MR) is 75.3 cm³/mol. The van der Waals surface area contributed by atoms with Gasteiger partial charge >= 0.3 is 0 Å². The summed E-state index contributed by atoms with van der Waals surface area (Å²) in [5.41, 5.74) is 0. The summed E-state index contributed by atoms with van der Waals surface area (Å²) in [7, 11) is -3.52. The molecule has 1 aromatic rings. The Balaban J connectivity index is 2.86. The summed E-state index contributed by atoms with van der Waals surface area (Å²) in [5.74, 6) is 0.241. The third kappa shape index (κ3) is 4.07. The SMILES string of the molecule is CCn1cnc(S(=O)(=O)NC(CCBr)C(C)C)c1. The third-order valence-electron chi connectivity index (χ3n) is 2.78. The second-order valence-electron chi connectivity index (χ2n) is 4.49. The van der Waals surface area contributed by atoms with Gasteiger partial charge in [-0.25, -0.2) is 18.1 Å². The fourth-order valence-electron chi connectivity index (χ4n) is 1.56. The van der Waals surface area contributed by atoms with Crippen LogP contribution in [-0.4, -0.2) is 29.3 Å². The standard InChI is InChI=1S/C11H20BrN3O2S/c1-4-15-7-11(13-8-15)18(16,17)14-10(5-6-12)9(2)3/h7-10,14H,4-6H2,1-3H3. The molecule has 0 aliphatic rings. The number of aryl methyl sites for hydroxylation is 1. The Bertz CT molecular complexity index is 470. The smallest absolute Gasteiger partial charge is 0.259 e. The molecule has 0 bridgehead atoms. The minimum absolute atomic E-state index is 0.0823. The lowest BCUT2D eigenvalue weighted by atomic mass is 10.0. The van der Waals surface area contributed by atoms with Gasteiger partial charge in [-0.05, 0) is 19.3 Å². The molecule has 18 heavy (non-hydrogen) atoms. The van der Waals surface area contributed by atoms with Crippen LogP contribution in [0.1, 0.15) is 27.2 Å². The van der Waals surface area contributed by atoms with Crippen molar-refractivity contribution >= 4 is 26.0 Å². The number of nitrogens with zero attached hydrogens (tertiary/aromatic N) is 2. The van der Waals surface area contributed by atoms with Crippen LogP contribution in [0.4, 0.5) is 0 Å². The minimum Gasteiger partial charge on any atom is -0.336 e. The van der Waals surface area contributed by atoms with Gasteiger partial charge in [0.05, 0.1) is 6.33 Å². The summed E-state index contributed by atoms with van der Waals surface area (Å²) in [5, 5.41) is 0.853. The zero-order chi connectivity index (χ0) is 13.8. The van der Waals surface area contributed by atoms with E-state index in [1.807, 2.05) is 20.8 Å². The van der Waals surface area contributed by atoms with Gasteiger partial charge in [0, 0.05) is 24.1 Å². The van der Waals surface area contributed by atoms with E-state index in [1.165, 1.54) is 6.33 Å². The fourth-order valence-corrected chi connectivity index (χ4v) is 3.42. The van der Waals surface area contributed by atoms with Crippen LogP contribution < -0.4 is 4.72 Å². The normalized spacial score (nSPS) is 14.1. The van der Waals surface area contributed by atoms with Gasteiger partial charge in [0.1, 0.15) is 0 Å². The highest BCUT2D eigenvalue weighted by Crippen LogP contribution is 2.13. The molecule has 1 atom stereocenters. The van der Waals surface area contributed by atoms with E-state index in [-0.39, 0.29) is 17.0 Å². The summed E-state index contributed by atoms with van der Waals surface area (Å²) < 4.78 is 28.8. The number of alkyl halides is 1. The summed E-state index contributed by atoms with van der Waals surface area (Å²) in [4.78, 5) is 3.93. The number of rotatable bonds is 7. The molecule has 0 radical (unpaired) electrons. The third-order valence-corrected chi connectivity index (χ3v) is 4.61. The Morgan fingerprint density at radius 1 is 1.50 bits per heavy atom. The van der Waals surface area contributed by atoms with Crippen molar-refractivity contribution in [2.45, 2.75) is 44.8 Å². The molecule has 0 aliphatic carbocycles. The molecule has 1 rings (SSSR count). The highest BCUT2D eigenvalue weighted by Gasteiger charge is 2.23. The first-order chi connectivity index (χ1) is 8.40. The van der Waals surface area contributed by atoms with Gasteiger partial charge in [0.25, 0.3) is 10.0 Å². The lowest BCUT2D eigenvalue weighted by Crippen LogP contribution is -2.38. The number of imidazole rings is 1. The second-order valence-corrected chi connectivity index (χ2v) is 6.95. The van der Waals surface area contributed by atoms with Crippen LogP contribution in [0.15, 0.2) is 17.6 Å². The zero-order valence-corrected chi connectivity index (χ0v) is 13.3. The van der Waals surface area contributed by atoms with Crippen molar-refractivity contribution in [2.75, 3.05) is 5.33 Å². The van der Waals surface area contributed by atoms with Gasteiger partial charge in [0.2, 0.25) is 0 Å². The number of hydrogen-bond donors (Lipinski definition) is 1. The van der Waals surface area contributed by atoms with E-state index in [9.17, 15) is 8.42 Å². The molecule has 0 amide bonds. The van der Waals surface area contributed by atoms with Crippen LogP contribution in [0, 0.1) is 5.92 Å². The van der Waals surface area contributed by atoms with Gasteiger partial charge in [-0.2, -0.15) is 0 Å². The molecule has 104 valence electrons. The molecule has 0 saturated heterocycles. The Hall–Kier alpha value is -0.400. The molecule has 1 heterocycles. The maximum atomic E-state index is 12.1. The molecule has 0 aromatic carbocycles. The van der Waals surface area contributed by atoms with E-state index in [0.29, 0.717) is 6.54 Å². The Labute approximate surface area is 117 Å². The maximum absolute atomic E-state index is 12.1. The van der Waals surface area contributed by atoms with Crippen LogP contribution in [-0.2, 0) is 16.6 Å². The van der Waals surface area contributed by atoms with Crippen molar-refractivity contribution in [2.24, 2.45) is 5.92 Å². The summed E-state index contributed by atoms with van der Waals surface area (Å²) in [6.45, 7) is 6.64. The van der Waals surface area contributed by atoms with Crippen molar-refractivity contribution in [3.8, 4) is 0 Å². The summed E-state index contributed by atoms with van der Waals surface area (Å²) in [6, 6.07) is -0.0823. The molecule has 0 spiro atoms. The molecule has 1 N–H and O–H groups in total. The molecular weight excluding hydrogens is 318 g/mol. The number of aromatic nitrogens is 2. The van der Waals surface area contributed by atoms with Crippen molar-refractivity contribution in [1.29, 1.82) is 0 Å². The first-order valence-electron chi connectivity index (χ1n) is 6.00. The van der Waals surface area contributed by atoms with Gasteiger partial charge in [-0.1, -0.05) is 29.8 Å². The first kappa shape index (κ1) is 15.7. The highest BCUT2D eigenvalue weighted by molar-refractivity contribution is 9.09. The topological polar surface area (TPSA) is 64.0 Å². The molecule has 5 nitrogen and oxygen atoms in total. The molecular formula is C11H20BrN3O2S. The van der Waals surface area contributed by atoms with Crippen molar-refractivity contribution in [3.05, 3.63) is 12.5 Å². The lowest BCUT2D eigenvalue weighted by molar-refractivity contribution is 0.439. The minimum atomic E-state index is -3.52. The van der Waals surface area contributed by atoms with E-state index in [0.717, 1.165) is 11.8 Å². The van der Waals surface area contributed by atoms with Crippen molar-refractivity contribution in [1.82, 2.24) is 14.3 Å². The van der Waals surface area contributed by atoms with Crippen molar-refractivity contribution < 1.29 is 8.42 Å². The Morgan fingerprint density at radius 2 is 2.17 bits per heavy atom. The second kappa shape index (κ2) is 6.68. The van der Waals surface area contributed by atoms with E-state index >= 15 is 0 Å². The van der Waals surface area contributed by atoms with E-state index in [2.05, 4.69) is 25.6 Å². The Morgan fingerprint density at radius 3 is 2.61 bits per heavy atom. The average molecular weight is 338 g/mol. The molecule has 0 fully saturated rings. The molecule has 7 heteroatoms. The maximum Gasteiger partial charge on any atom is 0.259 e. The average Bonchev–Trinajstić information content (AvgIpc) is 2.77. The van der Waals surface area contributed by atoms with Crippen LogP contribution in [0.2, 0.25) is 0 Å². The van der Waals surface area contributed by atoms with Crippen LogP contribution in [0.5, 0.6) is 0 Å².